The highest BCUT2D eigenvalue weighted by Gasteiger charge is 2.13. The molecule has 4 rings (SSSR count). The molecule has 0 fully saturated rings. The highest BCUT2D eigenvalue weighted by atomic mass is 35.5. The molecule has 6 heteroatoms. The summed E-state index contributed by atoms with van der Waals surface area (Å²) in [6, 6.07) is 13.2. The number of aromatic amines is 1. The van der Waals surface area contributed by atoms with E-state index in [9.17, 15) is 4.79 Å². The van der Waals surface area contributed by atoms with Crippen LogP contribution in [0.25, 0.3) is 22.2 Å². The lowest BCUT2D eigenvalue weighted by Gasteiger charge is -2.01. The fourth-order valence-electron chi connectivity index (χ4n) is 2.58. The van der Waals surface area contributed by atoms with Crippen LogP contribution in [0, 0.1) is 0 Å². The number of furan rings is 1. The Labute approximate surface area is 147 Å². The van der Waals surface area contributed by atoms with Gasteiger partial charge in [-0.1, -0.05) is 17.7 Å². The van der Waals surface area contributed by atoms with Gasteiger partial charge in [-0.2, -0.15) is 0 Å². The smallest absolute Gasteiger partial charge is 0.268 e. The van der Waals surface area contributed by atoms with Gasteiger partial charge < -0.3 is 14.7 Å². The fraction of sp³-hybridized carbons (Fsp3) is 0.0556. The van der Waals surface area contributed by atoms with E-state index in [1.807, 2.05) is 41.8 Å². The zero-order valence-electron chi connectivity index (χ0n) is 12.5. The minimum absolute atomic E-state index is 0.157. The van der Waals surface area contributed by atoms with E-state index in [1.165, 1.54) is 0 Å². The molecule has 4 aromatic rings. The molecular weight excluding hydrogens is 344 g/mol. The number of hydrogen-bond donors (Lipinski definition) is 2. The molecular formula is C18H13ClN2O2S. The van der Waals surface area contributed by atoms with Crippen LogP contribution in [-0.4, -0.2) is 10.9 Å². The maximum Gasteiger partial charge on any atom is 0.268 e. The van der Waals surface area contributed by atoms with Crippen LogP contribution in [0.1, 0.15) is 15.4 Å². The number of hydrogen-bond acceptors (Lipinski definition) is 3. The van der Waals surface area contributed by atoms with Gasteiger partial charge in [0.25, 0.3) is 5.91 Å². The van der Waals surface area contributed by atoms with Gasteiger partial charge in [-0.25, -0.2) is 0 Å². The van der Waals surface area contributed by atoms with E-state index in [0.717, 1.165) is 27.1 Å². The third-order valence-electron chi connectivity index (χ3n) is 3.73. The molecule has 0 radical (unpaired) electrons. The second-order valence-corrected chi connectivity index (χ2v) is 6.78. The maximum atomic E-state index is 12.3. The number of H-pyrrole nitrogens is 1. The Bertz CT molecular complexity index is 988. The summed E-state index contributed by atoms with van der Waals surface area (Å²) in [6.45, 7) is 0.511. The van der Waals surface area contributed by atoms with Crippen molar-refractivity contribution in [2.75, 3.05) is 0 Å². The molecule has 0 unspecified atom stereocenters. The van der Waals surface area contributed by atoms with Crippen molar-refractivity contribution < 1.29 is 9.21 Å². The predicted molar refractivity (Wildman–Crippen MR) is 96.5 cm³/mol. The van der Waals surface area contributed by atoms with E-state index in [4.69, 9.17) is 16.0 Å². The van der Waals surface area contributed by atoms with Gasteiger partial charge in [-0.15, -0.1) is 11.3 Å². The van der Waals surface area contributed by atoms with E-state index in [0.29, 0.717) is 17.3 Å². The summed E-state index contributed by atoms with van der Waals surface area (Å²) in [7, 11) is 0. The highest BCUT2D eigenvalue weighted by molar-refractivity contribution is 7.09. The molecule has 1 amide bonds. The Balaban J connectivity index is 1.62. The Morgan fingerprint density at radius 1 is 1.25 bits per heavy atom. The summed E-state index contributed by atoms with van der Waals surface area (Å²) in [4.78, 5) is 16.5. The predicted octanol–water partition coefficient (Wildman–Crippen LogP) is 5.07. The van der Waals surface area contributed by atoms with Crippen molar-refractivity contribution >= 4 is 39.7 Å². The van der Waals surface area contributed by atoms with E-state index in [2.05, 4.69) is 10.3 Å². The minimum Gasteiger partial charge on any atom is -0.464 e. The van der Waals surface area contributed by atoms with E-state index in [-0.39, 0.29) is 5.91 Å². The molecule has 0 aliphatic rings. The van der Waals surface area contributed by atoms with E-state index in [1.54, 1.807) is 23.7 Å². The fourth-order valence-corrected chi connectivity index (χ4v) is 3.50. The Morgan fingerprint density at radius 3 is 2.92 bits per heavy atom. The summed E-state index contributed by atoms with van der Waals surface area (Å²) in [6.07, 6.45) is 1.62. The molecule has 120 valence electrons. The maximum absolute atomic E-state index is 12.3. The second kappa shape index (κ2) is 6.19. The number of nitrogens with one attached hydrogen (secondary N) is 2. The third-order valence-corrected chi connectivity index (χ3v) is 4.91. The van der Waals surface area contributed by atoms with Crippen LogP contribution < -0.4 is 5.32 Å². The van der Waals surface area contributed by atoms with Crippen molar-refractivity contribution in [3.05, 3.63) is 69.7 Å². The summed E-state index contributed by atoms with van der Waals surface area (Å²) in [5.74, 6) is 0.582. The van der Waals surface area contributed by atoms with Crippen molar-refractivity contribution in [3.8, 4) is 11.3 Å². The number of fused-ring (bicyclic) bond motifs is 1. The number of benzene rings is 1. The van der Waals surface area contributed by atoms with Crippen molar-refractivity contribution in [1.82, 2.24) is 10.3 Å². The zero-order valence-corrected chi connectivity index (χ0v) is 14.1. The van der Waals surface area contributed by atoms with E-state index < -0.39 is 0 Å². The molecule has 0 saturated heterocycles. The number of carbonyl (C=O) groups is 1. The Kier molecular flexibility index (Phi) is 3.88. The van der Waals surface area contributed by atoms with Crippen molar-refractivity contribution in [1.29, 1.82) is 0 Å². The normalized spacial score (nSPS) is 11.0. The van der Waals surface area contributed by atoms with Crippen LogP contribution in [0.15, 0.2) is 58.5 Å². The quantitative estimate of drug-likeness (QED) is 0.536. The van der Waals surface area contributed by atoms with Gasteiger partial charge in [0, 0.05) is 15.8 Å². The van der Waals surface area contributed by atoms with Crippen LogP contribution in [-0.2, 0) is 6.54 Å². The first-order chi connectivity index (χ1) is 11.7. The Morgan fingerprint density at radius 2 is 2.17 bits per heavy atom. The molecule has 1 aromatic carbocycles. The molecule has 0 bridgehead atoms. The van der Waals surface area contributed by atoms with Gasteiger partial charge in [0.1, 0.15) is 11.5 Å². The first-order valence-electron chi connectivity index (χ1n) is 7.37. The van der Waals surface area contributed by atoms with Gasteiger partial charge in [-0.3, -0.25) is 4.79 Å². The molecule has 0 aliphatic carbocycles. The van der Waals surface area contributed by atoms with Gasteiger partial charge in [0.2, 0.25) is 0 Å². The number of aromatic nitrogens is 1. The lowest BCUT2D eigenvalue weighted by molar-refractivity contribution is 0.0947. The average molecular weight is 357 g/mol. The first kappa shape index (κ1) is 15.1. The number of halogens is 1. The molecule has 0 aliphatic heterocycles. The lowest BCUT2D eigenvalue weighted by atomic mass is 10.1. The zero-order chi connectivity index (χ0) is 16.5. The average Bonchev–Trinajstić information content (AvgIpc) is 3.32. The number of thiophene rings is 1. The van der Waals surface area contributed by atoms with Gasteiger partial charge in [0.05, 0.1) is 23.3 Å². The summed E-state index contributed by atoms with van der Waals surface area (Å²) in [5.41, 5.74) is 2.11. The summed E-state index contributed by atoms with van der Waals surface area (Å²) >= 11 is 7.96. The summed E-state index contributed by atoms with van der Waals surface area (Å²) < 4.78 is 5.41. The van der Waals surface area contributed by atoms with Gasteiger partial charge in [-0.05, 0) is 41.8 Å². The molecule has 0 spiro atoms. The Hall–Kier alpha value is -2.50. The number of carbonyl (C=O) groups excluding carboxylic acids is 1. The monoisotopic (exact) mass is 356 g/mol. The topological polar surface area (TPSA) is 58.0 Å². The van der Waals surface area contributed by atoms with Crippen molar-refractivity contribution in [3.63, 3.8) is 0 Å². The first-order valence-corrected chi connectivity index (χ1v) is 8.63. The highest BCUT2D eigenvalue weighted by Crippen LogP contribution is 2.31. The summed E-state index contributed by atoms with van der Waals surface area (Å²) in [5, 5.41) is 6.31. The third kappa shape index (κ3) is 2.84. The standard InChI is InChI=1S/C18H13ClN2O2S/c19-14-8-11(16-4-1-5-23-16)7-12-9-15(21-17(12)14)18(22)20-10-13-3-2-6-24-13/h1-9,21H,10H2,(H,20,22). The molecule has 3 heterocycles. The van der Waals surface area contributed by atoms with Gasteiger partial charge in [0.15, 0.2) is 0 Å². The number of amides is 1. The second-order valence-electron chi connectivity index (χ2n) is 5.34. The SMILES string of the molecule is O=C(NCc1cccs1)c1cc2cc(-c3ccco3)cc(Cl)c2[nH]1. The molecule has 4 nitrogen and oxygen atoms in total. The van der Waals surface area contributed by atoms with Crippen molar-refractivity contribution in [2.24, 2.45) is 0 Å². The lowest BCUT2D eigenvalue weighted by Crippen LogP contribution is -2.22. The van der Waals surface area contributed by atoms with Crippen LogP contribution >= 0.6 is 22.9 Å². The largest absolute Gasteiger partial charge is 0.464 e. The van der Waals surface area contributed by atoms with E-state index >= 15 is 0 Å². The molecule has 24 heavy (non-hydrogen) atoms. The molecule has 0 saturated carbocycles. The number of rotatable bonds is 4. The molecule has 0 atom stereocenters. The van der Waals surface area contributed by atoms with Crippen LogP contribution in [0.2, 0.25) is 5.02 Å². The molecule has 2 N–H and O–H groups in total. The van der Waals surface area contributed by atoms with Crippen LogP contribution in [0.3, 0.4) is 0 Å². The van der Waals surface area contributed by atoms with Crippen molar-refractivity contribution in [2.45, 2.75) is 6.54 Å². The molecule has 3 aromatic heterocycles. The minimum atomic E-state index is -0.157. The van der Waals surface area contributed by atoms with Crippen LogP contribution in [0.5, 0.6) is 0 Å². The van der Waals surface area contributed by atoms with Gasteiger partial charge >= 0.3 is 0 Å². The van der Waals surface area contributed by atoms with Crippen LogP contribution in [0.4, 0.5) is 0 Å².